The molecule has 1 aromatic carbocycles. The minimum atomic E-state index is -0.382. The Balaban J connectivity index is 1.60. The highest BCUT2D eigenvalue weighted by Crippen LogP contribution is 2.23. The van der Waals surface area contributed by atoms with Crippen LogP contribution in [0.4, 0.5) is 9.52 Å². The van der Waals surface area contributed by atoms with E-state index in [0.717, 1.165) is 10.4 Å². The largest absolute Gasteiger partial charge is 0.338 e. The Kier molecular flexibility index (Phi) is 4.38. The maximum atomic E-state index is 12.9. The molecule has 0 spiro atoms. The zero-order chi connectivity index (χ0) is 16.4. The van der Waals surface area contributed by atoms with Gasteiger partial charge < -0.3 is 10.2 Å². The van der Waals surface area contributed by atoms with Crippen LogP contribution in [0.15, 0.2) is 30.5 Å². The number of amides is 2. The van der Waals surface area contributed by atoms with E-state index in [2.05, 4.69) is 10.3 Å². The minimum absolute atomic E-state index is 0.0650. The summed E-state index contributed by atoms with van der Waals surface area (Å²) in [6.45, 7) is 2.67. The number of nitrogens with one attached hydrogen (secondary N) is 1. The SMILES string of the molecule is Cc1cnc(NC(=O)[C@H]2CC(=O)N(Cc3ccc(F)cc3)C2)s1. The first-order chi connectivity index (χ1) is 11.0. The number of rotatable bonds is 4. The average molecular weight is 333 g/mol. The maximum absolute atomic E-state index is 12.9. The van der Waals surface area contributed by atoms with Crippen molar-refractivity contribution in [2.45, 2.75) is 19.9 Å². The van der Waals surface area contributed by atoms with E-state index in [9.17, 15) is 14.0 Å². The zero-order valence-corrected chi connectivity index (χ0v) is 13.4. The topological polar surface area (TPSA) is 62.3 Å². The lowest BCUT2D eigenvalue weighted by molar-refractivity contribution is -0.128. The number of benzene rings is 1. The number of carbonyl (C=O) groups is 2. The van der Waals surface area contributed by atoms with E-state index in [-0.39, 0.29) is 30.0 Å². The highest BCUT2D eigenvalue weighted by molar-refractivity contribution is 7.15. The van der Waals surface area contributed by atoms with E-state index < -0.39 is 0 Å². The molecule has 2 amide bonds. The first kappa shape index (κ1) is 15.6. The zero-order valence-electron chi connectivity index (χ0n) is 12.6. The minimum Gasteiger partial charge on any atom is -0.338 e. The molecule has 1 saturated heterocycles. The third-order valence-corrected chi connectivity index (χ3v) is 4.55. The van der Waals surface area contributed by atoms with E-state index in [1.165, 1.54) is 23.5 Å². The molecule has 5 nitrogen and oxygen atoms in total. The molecule has 120 valence electrons. The highest BCUT2D eigenvalue weighted by atomic mass is 32.1. The van der Waals surface area contributed by atoms with Gasteiger partial charge in [-0.2, -0.15) is 0 Å². The molecule has 1 aliphatic heterocycles. The summed E-state index contributed by atoms with van der Waals surface area (Å²) in [5.41, 5.74) is 0.844. The molecule has 0 bridgehead atoms. The molecule has 1 fully saturated rings. The number of nitrogens with zero attached hydrogens (tertiary/aromatic N) is 2. The van der Waals surface area contributed by atoms with Gasteiger partial charge >= 0.3 is 0 Å². The van der Waals surface area contributed by atoms with Crippen molar-refractivity contribution in [1.82, 2.24) is 9.88 Å². The van der Waals surface area contributed by atoms with Crippen molar-refractivity contribution < 1.29 is 14.0 Å². The third-order valence-electron chi connectivity index (χ3n) is 3.72. The van der Waals surface area contributed by atoms with Crippen LogP contribution < -0.4 is 5.32 Å². The van der Waals surface area contributed by atoms with Crippen LogP contribution in [0.3, 0.4) is 0 Å². The molecule has 0 unspecified atom stereocenters. The van der Waals surface area contributed by atoms with Gasteiger partial charge in [-0.1, -0.05) is 12.1 Å². The van der Waals surface area contributed by atoms with E-state index in [0.29, 0.717) is 18.2 Å². The van der Waals surface area contributed by atoms with Gasteiger partial charge in [-0.25, -0.2) is 9.37 Å². The maximum Gasteiger partial charge on any atom is 0.231 e. The van der Waals surface area contributed by atoms with Crippen molar-refractivity contribution in [2.75, 3.05) is 11.9 Å². The van der Waals surface area contributed by atoms with Crippen LogP contribution in [-0.4, -0.2) is 28.2 Å². The summed E-state index contributed by atoms with van der Waals surface area (Å²) in [7, 11) is 0. The summed E-state index contributed by atoms with van der Waals surface area (Å²) in [5.74, 6) is -0.941. The van der Waals surface area contributed by atoms with Crippen LogP contribution in [-0.2, 0) is 16.1 Å². The Hall–Kier alpha value is -2.28. The lowest BCUT2D eigenvalue weighted by Crippen LogP contribution is -2.28. The van der Waals surface area contributed by atoms with Gasteiger partial charge in [0.1, 0.15) is 5.82 Å². The Labute approximate surface area is 137 Å². The number of hydrogen-bond donors (Lipinski definition) is 1. The Bertz CT molecular complexity index is 729. The second-order valence-corrected chi connectivity index (χ2v) is 6.80. The Morgan fingerprint density at radius 2 is 2.17 bits per heavy atom. The van der Waals surface area contributed by atoms with E-state index >= 15 is 0 Å². The summed E-state index contributed by atoms with van der Waals surface area (Å²) >= 11 is 1.40. The fraction of sp³-hybridized carbons (Fsp3) is 0.312. The fourth-order valence-corrected chi connectivity index (χ4v) is 3.20. The quantitative estimate of drug-likeness (QED) is 0.935. The standard InChI is InChI=1S/C16H16FN3O2S/c1-10-7-18-16(23-10)19-15(22)12-6-14(21)20(9-12)8-11-2-4-13(17)5-3-11/h2-5,7,12H,6,8-9H2,1H3,(H,18,19,22)/t12-/m0/s1. The van der Waals surface area contributed by atoms with Gasteiger partial charge in [-0.3, -0.25) is 9.59 Å². The number of aryl methyl sites for hydroxylation is 1. The van der Waals surface area contributed by atoms with Crippen LogP contribution in [0, 0.1) is 18.7 Å². The normalized spacial score (nSPS) is 17.6. The van der Waals surface area contributed by atoms with Crippen LogP contribution in [0.5, 0.6) is 0 Å². The van der Waals surface area contributed by atoms with Crippen molar-refractivity contribution in [2.24, 2.45) is 5.92 Å². The second-order valence-electron chi connectivity index (χ2n) is 5.57. The van der Waals surface area contributed by atoms with Gasteiger partial charge in [-0.15, -0.1) is 11.3 Å². The van der Waals surface area contributed by atoms with Crippen molar-refractivity contribution in [1.29, 1.82) is 0 Å². The van der Waals surface area contributed by atoms with Crippen molar-refractivity contribution in [3.8, 4) is 0 Å². The molecule has 23 heavy (non-hydrogen) atoms. The summed E-state index contributed by atoms with van der Waals surface area (Å²) < 4.78 is 12.9. The van der Waals surface area contributed by atoms with Gasteiger partial charge in [0.2, 0.25) is 11.8 Å². The Morgan fingerprint density at radius 3 is 2.83 bits per heavy atom. The molecule has 3 rings (SSSR count). The number of thiazole rings is 1. The van der Waals surface area contributed by atoms with E-state index in [1.54, 1.807) is 23.2 Å². The van der Waals surface area contributed by atoms with Crippen molar-refractivity contribution in [3.63, 3.8) is 0 Å². The van der Waals surface area contributed by atoms with E-state index in [1.807, 2.05) is 6.92 Å². The molecule has 1 atom stereocenters. The van der Waals surface area contributed by atoms with Crippen LogP contribution in [0.2, 0.25) is 0 Å². The lowest BCUT2D eigenvalue weighted by atomic mass is 10.1. The van der Waals surface area contributed by atoms with Gasteiger partial charge in [0.05, 0.1) is 5.92 Å². The molecular weight excluding hydrogens is 317 g/mol. The summed E-state index contributed by atoms with van der Waals surface area (Å²) in [4.78, 5) is 31.1. The monoisotopic (exact) mass is 333 g/mol. The van der Waals surface area contributed by atoms with Gasteiger partial charge in [0, 0.05) is 30.6 Å². The average Bonchev–Trinajstić information content (AvgIpc) is 3.08. The highest BCUT2D eigenvalue weighted by Gasteiger charge is 2.34. The predicted octanol–water partition coefficient (Wildman–Crippen LogP) is 2.58. The number of carbonyl (C=O) groups excluding carboxylic acids is 2. The lowest BCUT2D eigenvalue weighted by Gasteiger charge is -2.16. The first-order valence-corrected chi connectivity index (χ1v) is 8.08. The molecule has 0 radical (unpaired) electrons. The number of hydrogen-bond acceptors (Lipinski definition) is 4. The molecule has 2 heterocycles. The fourth-order valence-electron chi connectivity index (χ4n) is 2.53. The molecule has 2 aromatic rings. The molecule has 1 aromatic heterocycles. The van der Waals surface area contributed by atoms with Gasteiger partial charge in [0.25, 0.3) is 0 Å². The predicted molar refractivity (Wildman–Crippen MR) is 85.4 cm³/mol. The van der Waals surface area contributed by atoms with Crippen molar-refractivity contribution in [3.05, 3.63) is 46.7 Å². The third kappa shape index (κ3) is 3.73. The first-order valence-electron chi connectivity index (χ1n) is 7.27. The summed E-state index contributed by atoms with van der Waals surface area (Å²) in [5, 5.41) is 3.31. The van der Waals surface area contributed by atoms with Crippen LogP contribution >= 0.6 is 11.3 Å². The summed E-state index contributed by atoms with van der Waals surface area (Å²) in [6, 6.07) is 6.03. The smallest absolute Gasteiger partial charge is 0.231 e. The molecule has 1 aliphatic rings. The van der Waals surface area contributed by atoms with Crippen LogP contribution in [0.1, 0.15) is 16.9 Å². The molecular formula is C16H16FN3O2S. The number of halogens is 1. The van der Waals surface area contributed by atoms with Gasteiger partial charge in [-0.05, 0) is 24.6 Å². The molecule has 1 N–H and O–H groups in total. The molecule has 0 aliphatic carbocycles. The summed E-state index contributed by atoms with van der Waals surface area (Å²) in [6.07, 6.45) is 1.89. The van der Waals surface area contributed by atoms with Crippen molar-refractivity contribution >= 4 is 28.3 Å². The number of aromatic nitrogens is 1. The second kappa shape index (κ2) is 6.45. The molecule has 7 heteroatoms. The van der Waals surface area contributed by atoms with Crippen LogP contribution in [0.25, 0.3) is 0 Å². The van der Waals surface area contributed by atoms with E-state index in [4.69, 9.17) is 0 Å². The Morgan fingerprint density at radius 1 is 1.43 bits per heavy atom. The van der Waals surface area contributed by atoms with Gasteiger partial charge in [0.15, 0.2) is 5.13 Å². The number of anilines is 1. The number of likely N-dealkylation sites (tertiary alicyclic amines) is 1. The molecule has 0 saturated carbocycles.